The van der Waals surface area contributed by atoms with E-state index in [1.54, 1.807) is 18.2 Å². The number of oxazole rings is 1. The van der Waals surface area contributed by atoms with Crippen molar-refractivity contribution in [1.29, 1.82) is 0 Å². The molecule has 0 radical (unpaired) electrons. The first-order valence-corrected chi connectivity index (χ1v) is 10.7. The zero-order valence-electron chi connectivity index (χ0n) is 18.1. The van der Waals surface area contributed by atoms with Crippen molar-refractivity contribution in [2.75, 3.05) is 37.4 Å². The first kappa shape index (κ1) is 20.3. The molecule has 0 atom stereocenters. The number of carbonyl (C=O) groups excluding carboxylic acids is 1. The Kier molecular flexibility index (Phi) is 5.36. The van der Waals surface area contributed by atoms with Crippen LogP contribution in [0.5, 0.6) is 0 Å². The molecule has 1 aliphatic heterocycles. The number of carbonyl (C=O) groups is 1. The number of benzene rings is 2. The average molecular weight is 431 g/mol. The highest BCUT2D eigenvalue weighted by Crippen LogP contribution is 2.27. The van der Waals surface area contributed by atoms with Crippen LogP contribution < -0.4 is 10.2 Å². The normalized spacial score (nSPS) is 15.2. The van der Waals surface area contributed by atoms with E-state index in [4.69, 9.17) is 8.94 Å². The van der Waals surface area contributed by atoms with Crippen LogP contribution in [0, 0.1) is 0 Å². The van der Waals surface area contributed by atoms with Crippen LogP contribution in [-0.2, 0) is 0 Å². The molecule has 1 saturated heterocycles. The Morgan fingerprint density at radius 1 is 1.12 bits per heavy atom. The fraction of sp³-hybridized carbons (Fsp3) is 0.292. The lowest BCUT2D eigenvalue weighted by Crippen LogP contribution is -2.42. The minimum Gasteiger partial charge on any atom is -0.423 e. The number of piperidine rings is 1. The van der Waals surface area contributed by atoms with E-state index >= 15 is 0 Å². The molecule has 3 heterocycles. The first-order valence-electron chi connectivity index (χ1n) is 10.7. The molecule has 0 unspecified atom stereocenters. The molecular weight excluding hydrogens is 406 g/mol. The second-order valence-electron chi connectivity index (χ2n) is 8.22. The van der Waals surface area contributed by atoms with Crippen molar-refractivity contribution in [3.05, 3.63) is 60.4 Å². The lowest BCUT2D eigenvalue weighted by molar-refractivity contribution is 0.0988. The summed E-state index contributed by atoms with van der Waals surface area (Å²) in [4.78, 5) is 21.7. The van der Waals surface area contributed by atoms with Gasteiger partial charge in [0, 0.05) is 30.4 Å². The molecule has 2 aromatic heterocycles. The molecule has 0 saturated carbocycles. The number of hydrogen-bond donors (Lipinski definition) is 1. The van der Waals surface area contributed by atoms with Gasteiger partial charge in [-0.2, -0.15) is 4.98 Å². The van der Waals surface area contributed by atoms with Crippen LogP contribution >= 0.6 is 0 Å². The van der Waals surface area contributed by atoms with E-state index in [0.29, 0.717) is 34.5 Å². The Bertz CT molecular complexity index is 1220. The van der Waals surface area contributed by atoms with Crippen LogP contribution in [0.3, 0.4) is 0 Å². The zero-order valence-corrected chi connectivity index (χ0v) is 18.1. The number of rotatable bonds is 5. The smallest absolute Gasteiger partial charge is 0.298 e. The van der Waals surface area contributed by atoms with Gasteiger partial charge in [-0.1, -0.05) is 35.5 Å². The molecule has 164 valence electrons. The SMILES string of the molecule is CN1CCC(N(C)c2nc3cc(NC(=O)c4cc(-c5ccccc5)no4)ccc3o2)CC1. The number of hydrogen-bond acceptors (Lipinski definition) is 7. The Labute approximate surface area is 185 Å². The van der Waals surface area contributed by atoms with Gasteiger partial charge in [-0.3, -0.25) is 4.79 Å². The number of aromatic nitrogens is 2. The van der Waals surface area contributed by atoms with Crippen molar-refractivity contribution >= 4 is 28.7 Å². The van der Waals surface area contributed by atoms with E-state index in [9.17, 15) is 4.79 Å². The molecule has 0 aliphatic carbocycles. The Morgan fingerprint density at radius 2 is 1.91 bits per heavy atom. The quantitative estimate of drug-likeness (QED) is 0.505. The van der Waals surface area contributed by atoms with Crippen molar-refractivity contribution in [3.8, 4) is 11.3 Å². The summed E-state index contributed by atoms with van der Waals surface area (Å²) in [5, 5.41) is 6.85. The molecule has 8 nitrogen and oxygen atoms in total. The lowest BCUT2D eigenvalue weighted by Gasteiger charge is -2.34. The van der Waals surface area contributed by atoms with E-state index < -0.39 is 0 Å². The van der Waals surface area contributed by atoms with Gasteiger partial charge >= 0.3 is 0 Å². The van der Waals surface area contributed by atoms with Crippen LogP contribution in [0.1, 0.15) is 23.4 Å². The van der Waals surface area contributed by atoms with Crippen LogP contribution in [0.15, 0.2) is 63.5 Å². The molecule has 5 rings (SSSR count). The van der Waals surface area contributed by atoms with Gasteiger partial charge < -0.3 is 24.1 Å². The predicted octanol–water partition coefficient (Wildman–Crippen LogP) is 4.27. The molecule has 1 fully saturated rings. The molecule has 4 aromatic rings. The number of fused-ring (bicyclic) bond motifs is 1. The highest BCUT2D eigenvalue weighted by atomic mass is 16.5. The van der Waals surface area contributed by atoms with E-state index in [1.807, 2.05) is 43.4 Å². The third-order valence-corrected chi connectivity index (χ3v) is 5.98. The summed E-state index contributed by atoms with van der Waals surface area (Å²) in [5.41, 5.74) is 3.50. The zero-order chi connectivity index (χ0) is 22.1. The van der Waals surface area contributed by atoms with Crippen molar-refractivity contribution in [1.82, 2.24) is 15.0 Å². The molecule has 32 heavy (non-hydrogen) atoms. The largest absolute Gasteiger partial charge is 0.423 e. The van der Waals surface area contributed by atoms with Gasteiger partial charge in [-0.25, -0.2) is 0 Å². The van der Waals surface area contributed by atoms with Crippen LogP contribution in [-0.4, -0.2) is 54.2 Å². The van der Waals surface area contributed by atoms with Gasteiger partial charge in [0.1, 0.15) is 11.2 Å². The minimum atomic E-state index is -0.369. The maximum atomic E-state index is 12.6. The average Bonchev–Trinajstić information content (AvgIpc) is 3.47. The van der Waals surface area contributed by atoms with E-state index in [2.05, 4.69) is 32.3 Å². The van der Waals surface area contributed by atoms with Gasteiger partial charge in [0.25, 0.3) is 11.9 Å². The predicted molar refractivity (Wildman–Crippen MR) is 123 cm³/mol. The van der Waals surface area contributed by atoms with Crippen LogP contribution in [0.2, 0.25) is 0 Å². The second kappa shape index (κ2) is 8.47. The van der Waals surface area contributed by atoms with Gasteiger partial charge in [-0.05, 0) is 51.2 Å². The van der Waals surface area contributed by atoms with E-state index in [1.165, 1.54) is 0 Å². The third kappa shape index (κ3) is 4.09. The Morgan fingerprint density at radius 3 is 2.69 bits per heavy atom. The molecule has 0 spiro atoms. The number of likely N-dealkylation sites (tertiary alicyclic amines) is 1. The van der Waals surface area contributed by atoms with Gasteiger partial charge in [0.2, 0.25) is 5.76 Å². The van der Waals surface area contributed by atoms with Crippen molar-refractivity contribution in [2.24, 2.45) is 0 Å². The first-order chi connectivity index (χ1) is 15.6. The third-order valence-electron chi connectivity index (χ3n) is 5.98. The summed E-state index contributed by atoms with van der Waals surface area (Å²) >= 11 is 0. The fourth-order valence-electron chi connectivity index (χ4n) is 4.00. The summed E-state index contributed by atoms with van der Waals surface area (Å²) < 4.78 is 11.2. The molecule has 2 aromatic carbocycles. The second-order valence-corrected chi connectivity index (χ2v) is 8.22. The highest BCUT2D eigenvalue weighted by molar-refractivity contribution is 6.03. The Hall–Kier alpha value is -3.65. The van der Waals surface area contributed by atoms with E-state index in [-0.39, 0.29) is 11.7 Å². The van der Waals surface area contributed by atoms with Crippen molar-refractivity contribution in [2.45, 2.75) is 18.9 Å². The van der Waals surface area contributed by atoms with Crippen LogP contribution in [0.4, 0.5) is 11.7 Å². The summed E-state index contributed by atoms with van der Waals surface area (Å²) in [6.07, 6.45) is 2.16. The van der Waals surface area contributed by atoms with Crippen molar-refractivity contribution < 1.29 is 13.7 Å². The number of anilines is 2. The summed E-state index contributed by atoms with van der Waals surface area (Å²) in [6, 6.07) is 17.6. The maximum absolute atomic E-state index is 12.6. The summed E-state index contributed by atoms with van der Waals surface area (Å²) in [6.45, 7) is 2.14. The summed E-state index contributed by atoms with van der Waals surface area (Å²) in [5.74, 6) is -0.224. The maximum Gasteiger partial charge on any atom is 0.298 e. The fourth-order valence-corrected chi connectivity index (χ4v) is 4.00. The number of nitrogens with one attached hydrogen (secondary N) is 1. The topological polar surface area (TPSA) is 87.6 Å². The summed E-state index contributed by atoms with van der Waals surface area (Å²) in [7, 11) is 4.17. The molecule has 1 aliphatic rings. The highest BCUT2D eigenvalue weighted by Gasteiger charge is 2.24. The van der Waals surface area contributed by atoms with Crippen molar-refractivity contribution in [3.63, 3.8) is 0 Å². The standard InChI is InChI=1S/C24H25N5O3/c1-28-12-10-18(11-13-28)29(2)24-26-20-14-17(8-9-21(20)31-24)25-23(30)22-15-19(27-32-22)16-6-4-3-5-7-16/h3-9,14-15,18H,10-13H2,1-2H3,(H,25,30). The lowest BCUT2D eigenvalue weighted by atomic mass is 10.0. The molecular formula is C24H25N5O3. The molecule has 1 amide bonds. The van der Waals surface area contributed by atoms with Gasteiger partial charge in [-0.15, -0.1) is 0 Å². The molecule has 0 bridgehead atoms. The molecule has 1 N–H and O–H groups in total. The van der Waals surface area contributed by atoms with E-state index in [0.717, 1.165) is 31.5 Å². The van der Waals surface area contributed by atoms with Gasteiger partial charge in [0.05, 0.1) is 0 Å². The Balaban J connectivity index is 1.30. The van der Waals surface area contributed by atoms with Gasteiger partial charge in [0.15, 0.2) is 5.58 Å². The number of amides is 1. The molecule has 8 heteroatoms. The number of nitrogens with zero attached hydrogens (tertiary/aromatic N) is 4. The monoisotopic (exact) mass is 431 g/mol. The minimum absolute atomic E-state index is 0.145. The van der Waals surface area contributed by atoms with Crippen LogP contribution in [0.25, 0.3) is 22.4 Å².